The summed E-state index contributed by atoms with van der Waals surface area (Å²) in [5.41, 5.74) is 0.686. The molecule has 1 aliphatic rings. The molecule has 0 N–H and O–H groups in total. The maximum Gasteiger partial charge on any atom is 0.254 e. The van der Waals surface area contributed by atoms with Crippen LogP contribution in [-0.4, -0.2) is 55.5 Å². The largest absolute Gasteiger partial charge is 0.490 e. The van der Waals surface area contributed by atoms with Crippen molar-refractivity contribution < 1.29 is 9.53 Å². The first kappa shape index (κ1) is 13.6. The van der Waals surface area contributed by atoms with Gasteiger partial charge in [0.2, 0.25) is 0 Å². The van der Waals surface area contributed by atoms with Crippen LogP contribution >= 0.6 is 0 Å². The van der Waals surface area contributed by atoms with Gasteiger partial charge in [0.15, 0.2) is 0 Å². The van der Waals surface area contributed by atoms with Crippen molar-refractivity contribution in [3.63, 3.8) is 0 Å². The molecule has 1 saturated heterocycles. The summed E-state index contributed by atoms with van der Waals surface area (Å²) in [6.45, 7) is 7.49. The Morgan fingerprint density at radius 2 is 2.11 bits per heavy atom. The summed E-state index contributed by atoms with van der Waals surface area (Å²) in [6, 6.07) is 7.33. The normalized spacial score (nSPS) is 16.2. The van der Waals surface area contributed by atoms with Crippen LogP contribution in [0.3, 0.4) is 0 Å². The summed E-state index contributed by atoms with van der Waals surface area (Å²) < 4.78 is 5.45. The van der Waals surface area contributed by atoms with Crippen molar-refractivity contribution in [2.45, 2.75) is 0 Å². The van der Waals surface area contributed by atoms with Gasteiger partial charge in [-0.2, -0.15) is 0 Å². The zero-order valence-electron chi connectivity index (χ0n) is 11.3. The Labute approximate surface area is 114 Å². The lowest BCUT2D eigenvalue weighted by Crippen LogP contribution is -2.47. The highest BCUT2D eigenvalue weighted by atomic mass is 16.5. The van der Waals surface area contributed by atoms with Crippen molar-refractivity contribution in [3.8, 4) is 5.75 Å². The fourth-order valence-corrected chi connectivity index (χ4v) is 2.07. The fourth-order valence-electron chi connectivity index (χ4n) is 2.07. The molecule has 1 amide bonds. The van der Waals surface area contributed by atoms with E-state index >= 15 is 0 Å². The first-order chi connectivity index (χ1) is 9.20. The van der Waals surface area contributed by atoms with Gasteiger partial charge in [-0.1, -0.05) is 18.7 Å². The number of carbonyl (C=O) groups excluding carboxylic acids is 1. The minimum Gasteiger partial charge on any atom is -0.490 e. The highest BCUT2D eigenvalue weighted by Crippen LogP contribution is 2.16. The maximum atomic E-state index is 12.4. The van der Waals surface area contributed by atoms with Crippen LogP contribution in [0.1, 0.15) is 10.4 Å². The molecule has 0 atom stereocenters. The van der Waals surface area contributed by atoms with Gasteiger partial charge in [-0.05, 0) is 25.2 Å². The standard InChI is InChI=1S/C15H20N2O2/c1-3-11-19-14-6-4-5-13(12-14)15(18)17-9-7-16(2)8-10-17/h3-6,12H,1,7-11H2,2H3. The van der Waals surface area contributed by atoms with Gasteiger partial charge in [0.05, 0.1) is 0 Å². The van der Waals surface area contributed by atoms with E-state index in [1.165, 1.54) is 0 Å². The Kier molecular flexibility index (Phi) is 4.58. The molecular formula is C15H20N2O2. The molecular weight excluding hydrogens is 240 g/mol. The molecule has 1 heterocycles. The van der Waals surface area contributed by atoms with E-state index in [-0.39, 0.29) is 5.91 Å². The van der Waals surface area contributed by atoms with Crippen LogP contribution in [0.2, 0.25) is 0 Å². The number of hydrogen-bond acceptors (Lipinski definition) is 3. The Hall–Kier alpha value is -1.81. The number of carbonyl (C=O) groups is 1. The van der Waals surface area contributed by atoms with Gasteiger partial charge >= 0.3 is 0 Å². The molecule has 1 fully saturated rings. The summed E-state index contributed by atoms with van der Waals surface area (Å²) in [7, 11) is 2.07. The quantitative estimate of drug-likeness (QED) is 0.772. The molecule has 0 spiro atoms. The number of likely N-dealkylation sites (N-methyl/N-ethyl adjacent to an activating group) is 1. The lowest BCUT2D eigenvalue weighted by molar-refractivity contribution is 0.0663. The molecule has 4 heteroatoms. The van der Waals surface area contributed by atoms with Gasteiger partial charge in [0, 0.05) is 31.7 Å². The van der Waals surface area contributed by atoms with Crippen molar-refractivity contribution in [1.82, 2.24) is 9.80 Å². The van der Waals surface area contributed by atoms with Crippen molar-refractivity contribution in [3.05, 3.63) is 42.5 Å². The topological polar surface area (TPSA) is 32.8 Å². The number of benzene rings is 1. The molecule has 1 aromatic rings. The average molecular weight is 260 g/mol. The van der Waals surface area contributed by atoms with Gasteiger partial charge in [-0.25, -0.2) is 0 Å². The molecule has 102 valence electrons. The van der Waals surface area contributed by atoms with Crippen LogP contribution in [0.5, 0.6) is 5.75 Å². The highest BCUT2D eigenvalue weighted by molar-refractivity contribution is 5.94. The molecule has 1 aromatic carbocycles. The third-order valence-corrected chi connectivity index (χ3v) is 3.24. The van der Waals surface area contributed by atoms with Crippen LogP contribution in [-0.2, 0) is 0 Å². The van der Waals surface area contributed by atoms with E-state index in [9.17, 15) is 4.79 Å². The second kappa shape index (κ2) is 6.38. The van der Waals surface area contributed by atoms with Crippen molar-refractivity contribution in [1.29, 1.82) is 0 Å². The number of hydrogen-bond donors (Lipinski definition) is 0. The Bertz CT molecular complexity index is 451. The van der Waals surface area contributed by atoms with Crippen molar-refractivity contribution in [2.24, 2.45) is 0 Å². The van der Waals surface area contributed by atoms with E-state index in [4.69, 9.17) is 4.74 Å². The lowest BCUT2D eigenvalue weighted by atomic mass is 10.1. The third kappa shape index (κ3) is 3.58. The van der Waals surface area contributed by atoms with Gasteiger partial charge in [0.1, 0.15) is 12.4 Å². The Balaban J connectivity index is 2.04. The molecule has 0 bridgehead atoms. The van der Waals surface area contributed by atoms with Crippen LogP contribution in [0.25, 0.3) is 0 Å². The second-order valence-corrected chi connectivity index (χ2v) is 4.72. The summed E-state index contributed by atoms with van der Waals surface area (Å²) in [5, 5.41) is 0. The summed E-state index contributed by atoms with van der Waals surface area (Å²) >= 11 is 0. The number of amides is 1. The predicted octanol–water partition coefficient (Wildman–Crippen LogP) is 1.64. The van der Waals surface area contributed by atoms with Gasteiger partial charge < -0.3 is 14.5 Å². The fraction of sp³-hybridized carbons (Fsp3) is 0.400. The first-order valence-electron chi connectivity index (χ1n) is 6.52. The molecule has 4 nitrogen and oxygen atoms in total. The Morgan fingerprint density at radius 3 is 2.79 bits per heavy atom. The zero-order valence-corrected chi connectivity index (χ0v) is 11.3. The molecule has 0 saturated carbocycles. The van der Waals surface area contributed by atoms with E-state index in [0.717, 1.165) is 26.2 Å². The molecule has 0 radical (unpaired) electrons. The summed E-state index contributed by atoms with van der Waals surface area (Å²) in [5.74, 6) is 0.789. The SMILES string of the molecule is C=CCOc1cccc(C(=O)N2CCN(C)CC2)c1. The van der Waals surface area contributed by atoms with Crippen LogP contribution in [0, 0.1) is 0 Å². The van der Waals surface area contributed by atoms with Gasteiger partial charge in [-0.15, -0.1) is 0 Å². The molecule has 19 heavy (non-hydrogen) atoms. The number of rotatable bonds is 4. The molecule has 0 unspecified atom stereocenters. The monoisotopic (exact) mass is 260 g/mol. The molecule has 0 aromatic heterocycles. The zero-order chi connectivity index (χ0) is 13.7. The van der Waals surface area contributed by atoms with Gasteiger partial charge in [-0.3, -0.25) is 4.79 Å². The third-order valence-electron chi connectivity index (χ3n) is 3.24. The molecule has 2 rings (SSSR count). The summed E-state index contributed by atoms with van der Waals surface area (Å²) in [4.78, 5) is 16.5. The predicted molar refractivity (Wildman–Crippen MR) is 75.5 cm³/mol. The van der Waals surface area contributed by atoms with E-state index < -0.39 is 0 Å². The van der Waals surface area contributed by atoms with Crippen LogP contribution < -0.4 is 4.74 Å². The molecule has 0 aliphatic carbocycles. The van der Waals surface area contributed by atoms with E-state index in [2.05, 4.69) is 18.5 Å². The average Bonchev–Trinajstić information content (AvgIpc) is 2.45. The first-order valence-corrected chi connectivity index (χ1v) is 6.52. The van der Waals surface area contributed by atoms with Crippen LogP contribution in [0.4, 0.5) is 0 Å². The van der Waals surface area contributed by atoms with Crippen molar-refractivity contribution >= 4 is 5.91 Å². The lowest BCUT2D eigenvalue weighted by Gasteiger charge is -2.32. The number of ether oxygens (including phenoxy) is 1. The van der Waals surface area contributed by atoms with Crippen LogP contribution in [0.15, 0.2) is 36.9 Å². The summed E-state index contributed by atoms with van der Waals surface area (Å²) in [6.07, 6.45) is 1.69. The minimum atomic E-state index is 0.0807. The van der Waals surface area contributed by atoms with E-state index in [1.54, 1.807) is 12.1 Å². The molecule has 1 aliphatic heterocycles. The van der Waals surface area contributed by atoms with E-state index in [1.807, 2.05) is 23.1 Å². The highest BCUT2D eigenvalue weighted by Gasteiger charge is 2.20. The minimum absolute atomic E-state index is 0.0807. The number of piperazine rings is 1. The second-order valence-electron chi connectivity index (χ2n) is 4.72. The number of nitrogens with zero attached hydrogens (tertiary/aromatic N) is 2. The maximum absolute atomic E-state index is 12.4. The Morgan fingerprint density at radius 1 is 1.37 bits per heavy atom. The van der Waals surface area contributed by atoms with Crippen molar-refractivity contribution in [2.75, 3.05) is 39.8 Å². The smallest absolute Gasteiger partial charge is 0.254 e. The van der Waals surface area contributed by atoms with E-state index in [0.29, 0.717) is 17.9 Å². The van der Waals surface area contributed by atoms with Gasteiger partial charge in [0.25, 0.3) is 5.91 Å².